The van der Waals surface area contributed by atoms with Crippen molar-refractivity contribution in [2.24, 2.45) is 5.73 Å². The van der Waals surface area contributed by atoms with E-state index in [0.29, 0.717) is 6.42 Å². The molecule has 0 heterocycles. The number of aliphatic hydroxyl groups excluding tert-OH is 1. The first-order valence-corrected chi connectivity index (χ1v) is 8.32. The van der Waals surface area contributed by atoms with Crippen LogP contribution in [0.2, 0.25) is 6.32 Å². The largest absolute Gasteiger partial charge is 0.540 e. The molecule has 3 radical (unpaired) electrons. The van der Waals surface area contributed by atoms with Crippen LogP contribution < -0.4 is 10.3 Å². The van der Waals surface area contributed by atoms with Crippen molar-refractivity contribution in [3.63, 3.8) is 0 Å². The number of benzene rings is 1. The summed E-state index contributed by atoms with van der Waals surface area (Å²) >= 11 is 0. The molecule has 1 unspecified atom stereocenters. The fourth-order valence-corrected chi connectivity index (χ4v) is 2.47. The average Bonchev–Trinajstić information content (AvgIpc) is 2.49. The molecule has 0 fully saturated rings. The monoisotopic (exact) mass is 415 g/mol. The van der Waals surface area contributed by atoms with Gasteiger partial charge in [0.1, 0.15) is 5.75 Å². The van der Waals surface area contributed by atoms with Gasteiger partial charge in [0.05, 0.1) is 20.6 Å². The Morgan fingerprint density at radius 2 is 1.96 bits per heavy atom. The topological polar surface area (TPSA) is 119 Å². The van der Waals surface area contributed by atoms with Crippen LogP contribution in [0.3, 0.4) is 0 Å². The summed E-state index contributed by atoms with van der Waals surface area (Å²) in [6, 6.07) is 5.52. The molecular formula is C13H18BNO6PY-. The predicted octanol–water partition coefficient (Wildman–Crippen LogP) is 0.150. The maximum Gasteiger partial charge on any atom is 0.402 e. The standard InChI is InChI=1S/C13H18BNO6P.Y/c14-6-13(8-17)20-9-22(18,19)21-12-3-1-10(2-4-12)5-11(15)7-16;/h1-4,11,13,17H,5-6,8-9,15H2,(H,18,19);/q-1;/t11-,13-;/m0./s1. The Morgan fingerprint density at radius 3 is 2.43 bits per heavy atom. The predicted molar refractivity (Wildman–Crippen MR) is 81.7 cm³/mol. The van der Waals surface area contributed by atoms with Gasteiger partial charge in [-0.05, 0) is 24.1 Å². The van der Waals surface area contributed by atoms with Gasteiger partial charge >= 0.3 is 7.60 Å². The van der Waals surface area contributed by atoms with E-state index in [-0.39, 0.29) is 51.4 Å². The molecule has 0 saturated heterocycles. The molecule has 7 nitrogen and oxygen atoms in total. The van der Waals surface area contributed by atoms with E-state index >= 15 is 0 Å². The van der Waals surface area contributed by atoms with Crippen molar-refractivity contribution in [1.82, 2.24) is 0 Å². The van der Waals surface area contributed by atoms with Gasteiger partial charge in [0.25, 0.3) is 0 Å². The molecule has 0 aliphatic rings. The zero-order valence-electron chi connectivity index (χ0n) is 12.5. The van der Waals surface area contributed by atoms with Crippen LogP contribution in [-0.2, 0) is 53.2 Å². The minimum atomic E-state index is -4.02. The third-order valence-electron chi connectivity index (χ3n) is 2.72. The Kier molecular flexibility index (Phi) is 11.4. The SMILES string of the molecule is [B]C[C@@H](CO)OCP(=O)(O)Oc1ccc(C[C@H](N)[C-]=O)cc1.[Y]. The van der Waals surface area contributed by atoms with E-state index in [1.165, 1.54) is 12.1 Å². The fourth-order valence-electron chi connectivity index (χ4n) is 1.57. The van der Waals surface area contributed by atoms with Crippen molar-refractivity contribution in [2.45, 2.75) is 24.9 Å². The molecule has 4 N–H and O–H groups in total. The number of nitrogens with two attached hydrogens (primary N) is 1. The third kappa shape index (κ3) is 9.10. The summed E-state index contributed by atoms with van der Waals surface area (Å²) in [7, 11) is 1.28. The summed E-state index contributed by atoms with van der Waals surface area (Å²) < 4.78 is 21.8. The Bertz CT molecular complexity index is 514. The van der Waals surface area contributed by atoms with Crippen LogP contribution in [0.5, 0.6) is 5.75 Å². The Morgan fingerprint density at radius 1 is 1.35 bits per heavy atom. The molecule has 1 aromatic carbocycles. The molecule has 10 heteroatoms. The summed E-state index contributed by atoms with van der Waals surface area (Å²) in [6.07, 6.45) is 0.718. The molecule has 0 amide bonds. The average molecular weight is 415 g/mol. The number of ether oxygens (including phenoxy) is 1. The molecule has 1 aromatic rings. The first kappa shape index (κ1) is 22.9. The second-order valence-corrected chi connectivity index (χ2v) is 6.35. The van der Waals surface area contributed by atoms with Crippen LogP contribution in [0.4, 0.5) is 0 Å². The molecule has 0 aliphatic carbocycles. The number of aliphatic hydroxyl groups is 1. The smallest absolute Gasteiger partial charge is 0.402 e. The van der Waals surface area contributed by atoms with Crippen molar-refractivity contribution in [3.8, 4) is 5.75 Å². The zero-order chi connectivity index (χ0) is 16.6. The van der Waals surface area contributed by atoms with Crippen LogP contribution in [0.1, 0.15) is 5.56 Å². The minimum Gasteiger partial charge on any atom is -0.540 e. The van der Waals surface area contributed by atoms with Crippen molar-refractivity contribution in [1.29, 1.82) is 0 Å². The molecule has 3 atom stereocenters. The third-order valence-corrected chi connectivity index (χ3v) is 3.69. The number of hydrogen-bond acceptors (Lipinski definition) is 6. The van der Waals surface area contributed by atoms with Crippen molar-refractivity contribution < 1.29 is 61.3 Å². The van der Waals surface area contributed by atoms with Gasteiger partial charge in [0, 0.05) is 32.7 Å². The summed E-state index contributed by atoms with van der Waals surface area (Å²) in [4.78, 5) is 20.0. The number of rotatable bonds is 10. The molecule has 0 spiro atoms. The van der Waals surface area contributed by atoms with Crippen molar-refractivity contribution in [3.05, 3.63) is 29.8 Å². The maximum absolute atomic E-state index is 11.8. The molecule has 23 heavy (non-hydrogen) atoms. The van der Waals surface area contributed by atoms with Crippen LogP contribution in [-0.4, -0.2) is 49.2 Å². The molecule has 0 aromatic heterocycles. The summed E-state index contributed by atoms with van der Waals surface area (Å²) in [5, 5.41) is 8.88. The minimum absolute atomic E-state index is 0. The van der Waals surface area contributed by atoms with Gasteiger partial charge < -0.3 is 29.8 Å². The van der Waals surface area contributed by atoms with E-state index in [1.54, 1.807) is 18.4 Å². The van der Waals surface area contributed by atoms with Gasteiger partial charge in [-0.25, -0.2) is 10.9 Å². The molecule has 0 aliphatic heterocycles. The Balaban J connectivity index is 0.00000484. The molecule has 0 saturated carbocycles. The van der Waals surface area contributed by atoms with Crippen LogP contribution in [0.25, 0.3) is 0 Å². The van der Waals surface area contributed by atoms with Crippen LogP contribution >= 0.6 is 7.60 Å². The van der Waals surface area contributed by atoms with E-state index in [1.807, 2.05) is 0 Å². The van der Waals surface area contributed by atoms with Gasteiger partial charge in [-0.15, -0.1) is 0 Å². The number of carbonyl (C=O) groups excluding carboxylic acids is 1. The Hall–Kier alpha value is -0.0712. The normalized spacial score (nSPS) is 15.8. The zero-order valence-corrected chi connectivity index (χ0v) is 16.2. The van der Waals surface area contributed by atoms with E-state index < -0.39 is 26.1 Å². The molecule has 0 bridgehead atoms. The fraction of sp³-hybridized carbons (Fsp3) is 0.462. The van der Waals surface area contributed by atoms with E-state index in [2.05, 4.69) is 0 Å². The van der Waals surface area contributed by atoms with Gasteiger partial charge in [0.15, 0.2) is 6.35 Å². The second-order valence-electron chi connectivity index (χ2n) is 4.64. The Labute approximate surface area is 161 Å². The summed E-state index contributed by atoms with van der Waals surface area (Å²) in [5.74, 6) is 0.176. The summed E-state index contributed by atoms with van der Waals surface area (Å²) in [5.41, 5.74) is 6.23. The van der Waals surface area contributed by atoms with Gasteiger partial charge in [-0.1, -0.05) is 24.5 Å². The van der Waals surface area contributed by atoms with Crippen LogP contribution in [0, 0.1) is 0 Å². The van der Waals surface area contributed by atoms with E-state index in [9.17, 15) is 14.3 Å². The second kappa shape index (κ2) is 11.5. The van der Waals surface area contributed by atoms with E-state index in [0.717, 1.165) is 5.56 Å². The quantitative estimate of drug-likeness (QED) is 0.283. The first-order chi connectivity index (χ1) is 10.4. The van der Waals surface area contributed by atoms with Crippen molar-refractivity contribution in [2.75, 3.05) is 13.0 Å². The maximum atomic E-state index is 11.8. The van der Waals surface area contributed by atoms with Gasteiger partial charge in [-0.3, -0.25) is 0 Å². The molecule has 1 rings (SSSR count). The summed E-state index contributed by atoms with van der Waals surface area (Å²) in [6.45, 7) is -0.348. The van der Waals surface area contributed by atoms with Crippen LogP contribution in [0.15, 0.2) is 24.3 Å². The number of hydrogen-bond donors (Lipinski definition) is 3. The van der Waals surface area contributed by atoms with E-state index in [4.69, 9.17) is 27.9 Å². The van der Waals surface area contributed by atoms with Gasteiger partial charge in [0.2, 0.25) is 0 Å². The molecular weight excluding hydrogens is 397 g/mol. The molecule has 123 valence electrons. The first-order valence-electron chi connectivity index (χ1n) is 6.56. The van der Waals surface area contributed by atoms with Crippen molar-refractivity contribution >= 4 is 21.7 Å². The van der Waals surface area contributed by atoms with Gasteiger partial charge in [-0.2, -0.15) is 0 Å².